The number of para-hydroxylation sites is 1. The van der Waals surface area contributed by atoms with Crippen LogP contribution in [-0.4, -0.2) is 20.9 Å². The highest BCUT2D eigenvalue weighted by atomic mass is 32.1. The minimum absolute atomic E-state index is 0.0219. The lowest BCUT2D eigenvalue weighted by Gasteiger charge is -2.21. The second-order valence-corrected chi connectivity index (χ2v) is 8.12. The quantitative estimate of drug-likeness (QED) is 0.520. The maximum Gasteiger partial charge on any atom is 0.251 e. The summed E-state index contributed by atoms with van der Waals surface area (Å²) < 4.78 is 1.87. The Labute approximate surface area is 168 Å². The third-order valence-corrected chi connectivity index (χ3v) is 5.73. The van der Waals surface area contributed by atoms with Gasteiger partial charge in [-0.05, 0) is 47.2 Å². The van der Waals surface area contributed by atoms with E-state index in [2.05, 4.69) is 35.5 Å². The van der Waals surface area contributed by atoms with E-state index in [1.54, 1.807) is 11.3 Å². The highest BCUT2D eigenvalue weighted by Crippen LogP contribution is 2.26. The molecule has 5 nitrogen and oxygen atoms in total. The van der Waals surface area contributed by atoms with E-state index < -0.39 is 0 Å². The molecule has 28 heavy (non-hydrogen) atoms. The number of aromatic nitrogens is 3. The van der Waals surface area contributed by atoms with E-state index in [1.807, 2.05) is 64.7 Å². The maximum atomic E-state index is 12.7. The van der Waals surface area contributed by atoms with Crippen LogP contribution in [0.1, 0.15) is 40.7 Å². The molecular formula is C22H22N4OS. The van der Waals surface area contributed by atoms with E-state index in [4.69, 9.17) is 0 Å². The lowest BCUT2D eigenvalue weighted by molar-refractivity contribution is 0.0926. The van der Waals surface area contributed by atoms with Gasteiger partial charge in [0.25, 0.3) is 5.91 Å². The van der Waals surface area contributed by atoms with Gasteiger partial charge in [-0.2, -0.15) is 0 Å². The van der Waals surface area contributed by atoms with Crippen molar-refractivity contribution in [3.05, 3.63) is 82.0 Å². The Kier molecular flexibility index (Phi) is 5.21. The molecule has 142 valence electrons. The van der Waals surface area contributed by atoms with E-state index >= 15 is 0 Å². The van der Waals surface area contributed by atoms with Crippen LogP contribution in [-0.2, 0) is 6.54 Å². The monoisotopic (exact) mass is 390 g/mol. The number of rotatable bonds is 6. The van der Waals surface area contributed by atoms with E-state index in [1.165, 1.54) is 4.88 Å². The molecule has 1 atom stereocenters. The standard InChI is InChI=1S/C22H22N4OS/c1-15(2)21(20-8-5-13-28-20)23-22(27)17-11-9-16(10-12-17)14-26-19-7-4-3-6-18(19)24-25-26/h3-13,15,21H,14H2,1-2H3,(H,23,27)/t21-/m0/s1. The third-order valence-electron chi connectivity index (χ3n) is 4.77. The smallest absolute Gasteiger partial charge is 0.251 e. The molecule has 4 rings (SSSR count). The Morgan fingerprint density at radius 3 is 2.57 bits per heavy atom. The van der Waals surface area contributed by atoms with Gasteiger partial charge in [0.05, 0.1) is 18.1 Å². The zero-order valence-corrected chi connectivity index (χ0v) is 16.7. The fourth-order valence-electron chi connectivity index (χ4n) is 3.23. The molecule has 2 aromatic heterocycles. The molecule has 0 aliphatic carbocycles. The van der Waals surface area contributed by atoms with Crippen molar-refractivity contribution in [2.45, 2.75) is 26.4 Å². The molecule has 0 spiro atoms. The van der Waals surface area contributed by atoms with Crippen LogP contribution in [0.4, 0.5) is 0 Å². The highest BCUT2D eigenvalue weighted by Gasteiger charge is 2.20. The number of fused-ring (bicyclic) bond motifs is 1. The van der Waals surface area contributed by atoms with E-state index in [0.29, 0.717) is 18.0 Å². The summed E-state index contributed by atoms with van der Waals surface area (Å²) in [4.78, 5) is 13.9. The van der Waals surface area contributed by atoms with Gasteiger partial charge in [-0.25, -0.2) is 4.68 Å². The van der Waals surface area contributed by atoms with Crippen LogP contribution in [0.15, 0.2) is 66.0 Å². The normalized spacial score (nSPS) is 12.4. The lowest BCUT2D eigenvalue weighted by Crippen LogP contribution is -2.31. The first-order chi connectivity index (χ1) is 13.6. The predicted molar refractivity (Wildman–Crippen MR) is 112 cm³/mol. The number of thiophene rings is 1. The molecule has 0 saturated carbocycles. The summed E-state index contributed by atoms with van der Waals surface area (Å²) in [5.41, 5.74) is 3.62. The molecule has 0 aliphatic rings. The maximum absolute atomic E-state index is 12.7. The lowest BCUT2D eigenvalue weighted by atomic mass is 10.0. The number of hydrogen-bond acceptors (Lipinski definition) is 4. The second-order valence-electron chi connectivity index (χ2n) is 7.14. The van der Waals surface area contributed by atoms with Gasteiger partial charge in [0.2, 0.25) is 0 Å². The molecule has 0 bridgehead atoms. The zero-order valence-electron chi connectivity index (χ0n) is 15.9. The van der Waals surface area contributed by atoms with Crippen LogP contribution in [0, 0.1) is 5.92 Å². The molecule has 0 aliphatic heterocycles. The zero-order chi connectivity index (χ0) is 19.5. The Balaban J connectivity index is 1.47. The van der Waals surface area contributed by atoms with E-state index in [0.717, 1.165) is 16.6 Å². The second kappa shape index (κ2) is 7.94. The third kappa shape index (κ3) is 3.82. The van der Waals surface area contributed by atoms with Gasteiger partial charge in [-0.3, -0.25) is 4.79 Å². The van der Waals surface area contributed by atoms with Crippen molar-refractivity contribution < 1.29 is 4.79 Å². The van der Waals surface area contributed by atoms with Gasteiger partial charge in [-0.1, -0.05) is 49.4 Å². The number of amides is 1. The molecular weight excluding hydrogens is 368 g/mol. The van der Waals surface area contributed by atoms with Crippen molar-refractivity contribution in [1.29, 1.82) is 0 Å². The summed E-state index contributed by atoms with van der Waals surface area (Å²) in [6, 6.07) is 19.7. The Bertz CT molecular complexity index is 1070. The van der Waals surface area contributed by atoms with Crippen molar-refractivity contribution in [1.82, 2.24) is 20.3 Å². The van der Waals surface area contributed by atoms with Crippen LogP contribution in [0.5, 0.6) is 0 Å². The molecule has 0 radical (unpaired) electrons. The van der Waals surface area contributed by atoms with E-state index in [9.17, 15) is 4.79 Å². The van der Waals surface area contributed by atoms with Crippen molar-refractivity contribution in [3.8, 4) is 0 Å². The summed E-state index contributed by atoms with van der Waals surface area (Å²) in [7, 11) is 0. The minimum atomic E-state index is -0.0511. The van der Waals surface area contributed by atoms with Gasteiger partial charge in [0.15, 0.2) is 0 Å². The fourth-order valence-corrected chi connectivity index (χ4v) is 4.18. The Morgan fingerprint density at radius 1 is 1.07 bits per heavy atom. The number of benzene rings is 2. The topological polar surface area (TPSA) is 59.8 Å². The van der Waals surface area contributed by atoms with E-state index in [-0.39, 0.29) is 11.9 Å². The summed E-state index contributed by atoms with van der Waals surface area (Å²) in [5.74, 6) is 0.271. The van der Waals surface area contributed by atoms with Gasteiger partial charge in [0.1, 0.15) is 5.52 Å². The summed E-state index contributed by atoms with van der Waals surface area (Å²) in [5, 5.41) is 13.6. The first-order valence-electron chi connectivity index (χ1n) is 9.33. The number of nitrogens with one attached hydrogen (secondary N) is 1. The van der Waals surface area contributed by atoms with Gasteiger partial charge in [0, 0.05) is 10.4 Å². The summed E-state index contributed by atoms with van der Waals surface area (Å²) in [6.07, 6.45) is 0. The summed E-state index contributed by atoms with van der Waals surface area (Å²) in [6.45, 7) is 4.86. The first kappa shape index (κ1) is 18.4. The van der Waals surface area contributed by atoms with Gasteiger partial charge < -0.3 is 5.32 Å². The van der Waals surface area contributed by atoms with Crippen molar-refractivity contribution in [3.63, 3.8) is 0 Å². The molecule has 2 heterocycles. The van der Waals surface area contributed by atoms with Crippen molar-refractivity contribution in [2.24, 2.45) is 5.92 Å². The van der Waals surface area contributed by atoms with Crippen molar-refractivity contribution >= 4 is 28.3 Å². The number of carbonyl (C=O) groups excluding carboxylic acids is 1. The Hall–Kier alpha value is -2.99. The molecule has 0 unspecified atom stereocenters. The molecule has 0 saturated heterocycles. The summed E-state index contributed by atoms with van der Waals surface area (Å²) >= 11 is 1.67. The van der Waals surface area contributed by atoms with Crippen LogP contribution < -0.4 is 5.32 Å². The largest absolute Gasteiger partial charge is 0.344 e. The van der Waals surface area contributed by atoms with Crippen LogP contribution in [0.3, 0.4) is 0 Å². The minimum Gasteiger partial charge on any atom is -0.344 e. The molecule has 2 aromatic carbocycles. The number of carbonyl (C=O) groups is 1. The number of hydrogen-bond donors (Lipinski definition) is 1. The van der Waals surface area contributed by atoms with Crippen LogP contribution in [0.25, 0.3) is 11.0 Å². The average Bonchev–Trinajstić information content (AvgIpc) is 3.37. The van der Waals surface area contributed by atoms with Crippen molar-refractivity contribution in [2.75, 3.05) is 0 Å². The fraction of sp³-hybridized carbons (Fsp3) is 0.227. The predicted octanol–water partition coefficient (Wildman–Crippen LogP) is 4.67. The molecule has 1 N–H and O–H groups in total. The molecule has 0 fully saturated rings. The highest BCUT2D eigenvalue weighted by molar-refractivity contribution is 7.10. The van der Waals surface area contributed by atoms with Gasteiger partial charge >= 0.3 is 0 Å². The van der Waals surface area contributed by atoms with Gasteiger partial charge in [-0.15, -0.1) is 16.4 Å². The average molecular weight is 391 g/mol. The molecule has 4 aromatic rings. The van der Waals surface area contributed by atoms with Crippen LogP contribution in [0.2, 0.25) is 0 Å². The molecule has 6 heteroatoms. The van der Waals surface area contributed by atoms with Crippen LogP contribution >= 0.6 is 11.3 Å². The number of nitrogens with zero attached hydrogens (tertiary/aromatic N) is 3. The Morgan fingerprint density at radius 2 is 1.86 bits per heavy atom. The SMILES string of the molecule is CC(C)[C@H](NC(=O)c1ccc(Cn2nnc3ccccc32)cc1)c1cccs1. The molecule has 1 amide bonds. The first-order valence-corrected chi connectivity index (χ1v) is 10.2.